The number of halogens is 1. The molecule has 0 aliphatic rings. The molecule has 0 unspecified atom stereocenters. The number of hydrogen-bond acceptors (Lipinski definition) is 4. The van der Waals surface area contributed by atoms with E-state index in [0.717, 1.165) is 0 Å². The fourth-order valence-electron chi connectivity index (χ4n) is 1.70. The van der Waals surface area contributed by atoms with Crippen molar-refractivity contribution in [2.45, 2.75) is 0 Å². The highest BCUT2D eigenvalue weighted by Crippen LogP contribution is 2.23. The molecule has 0 radical (unpaired) electrons. The third-order valence-electron chi connectivity index (χ3n) is 2.69. The van der Waals surface area contributed by atoms with Crippen molar-refractivity contribution in [1.29, 1.82) is 0 Å². The van der Waals surface area contributed by atoms with Crippen LogP contribution in [0.15, 0.2) is 42.5 Å². The fraction of sp³-hybridized carbons (Fsp3) is 0.133. The van der Waals surface area contributed by atoms with E-state index in [1.165, 1.54) is 18.2 Å². The smallest absolute Gasteiger partial charge is 0.257 e. The number of aromatic hydroxyl groups is 1. The Hall–Kier alpha value is -2.24. The summed E-state index contributed by atoms with van der Waals surface area (Å²) in [6.45, 7) is 0.874. The molecule has 0 atom stereocenters. The Morgan fingerprint density at radius 3 is 2.62 bits per heavy atom. The predicted molar refractivity (Wildman–Crippen MR) is 82.1 cm³/mol. The molecular formula is C15H15ClN2O3. The molecule has 0 spiro atoms. The van der Waals surface area contributed by atoms with Gasteiger partial charge in [0.05, 0.1) is 10.6 Å². The molecule has 0 saturated heterocycles. The number of hydrogen-bond donors (Lipinski definition) is 3. The Labute approximate surface area is 127 Å². The largest absolute Gasteiger partial charge is 0.508 e. The van der Waals surface area contributed by atoms with E-state index in [2.05, 4.69) is 5.32 Å². The minimum absolute atomic E-state index is 0.0184. The van der Waals surface area contributed by atoms with Gasteiger partial charge in [-0.2, -0.15) is 0 Å². The van der Waals surface area contributed by atoms with Crippen LogP contribution in [-0.4, -0.2) is 24.2 Å². The van der Waals surface area contributed by atoms with Crippen LogP contribution in [0.3, 0.4) is 0 Å². The number of ether oxygens (including phenoxy) is 1. The Balaban J connectivity index is 2.07. The zero-order valence-electron chi connectivity index (χ0n) is 11.2. The first kappa shape index (κ1) is 15.2. The Morgan fingerprint density at radius 1 is 1.24 bits per heavy atom. The summed E-state index contributed by atoms with van der Waals surface area (Å²) in [4.78, 5) is 12.1. The van der Waals surface area contributed by atoms with Crippen LogP contribution in [0.25, 0.3) is 0 Å². The van der Waals surface area contributed by atoms with Crippen LogP contribution < -0.4 is 15.8 Å². The van der Waals surface area contributed by atoms with Gasteiger partial charge in [0.2, 0.25) is 0 Å². The number of nitrogens with one attached hydrogen (secondary N) is 1. The highest BCUT2D eigenvalue weighted by atomic mass is 35.5. The van der Waals surface area contributed by atoms with Crippen LogP contribution in [0, 0.1) is 0 Å². The number of carbonyl (C=O) groups excluding carboxylic acids is 1. The van der Waals surface area contributed by atoms with Crippen molar-refractivity contribution < 1.29 is 14.6 Å². The van der Waals surface area contributed by atoms with E-state index in [0.29, 0.717) is 24.6 Å². The van der Waals surface area contributed by atoms with E-state index >= 15 is 0 Å². The summed E-state index contributed by atoms with van der Waals surface area (Å²) in [5.41, 5.74) is 6.15. The molecule has 0 aliphatic heterocycles. The molecule has 1 amide bonds. The second-order valence-electron chi connectivity index (χ2n) is 4.28. The topological polar surface area (TPSA) is 84.6 Å². The highest BCUT2D eigenvalue weighted by Gasteiger charge is 2.11. The van der Waals surface area contributed by atoms with Crippen molar-refractivity contribution in [1.82, 2.24) is 0 Å². The molecule has 5 nitrogen and oxygen atoms in total. The lowest BCUT2D eigenvalue weighted by Gasteiger charge is -2.09. The summed E-state index contributed by atoms with van der Waals surface area (Å²) in [6.07, 6.45) is 0. The lowest BCUT2D eigenvalue weighted by atomic mass is 10.2. The van der Waals surface area contributed by atoms with Gasteiger partial charge < -0.3 is 20.9 Å². The van der Waals surface area contributed by atoms with E-state index in [1.807, 2.05) is 0 Å². The maximum Gasteiger partial charge on any atom is 0.257 e. The average molecular weight is 307 g/mol. The number of phenols is 1. The zero-order chi connectivity index (χ0) is 15.2. The fourth-order valence-corrected chi connectivity index (χ4v) is 1.90. The van der Waals surface area contributed by atoms with Crippen LogP contribution >= 0.6 is 11.6 Å². The first-order valence-electron chi connectivity index (χ1n) is 6.33. The zero-order valence-corrected chi connectivity index (χ0v) is 11.9. The Morgan fingerprint density at radius 2 is 1.95 bits per heavy atom. The molecule has 0 fully saturated rings. The quantitative estimate of drug-likeness (QED) is 0.793. The summed E-state index contributed by atoms with van der Waals surface area (Å²) >= 11 is 5.94. The van der Waals surface area contributed by atoms with E-state index < -0.39 is 5.91 Å². The van der Waals surface area contributed by atoms with Gasteiger partial charge in [0.15, 0.2) is 0 Å². The van der Waals surface area contributed by atoms with Gasteiger partial charge in [0, 0.05) is 12.2 Å². The maximum atomic E-state index is 12.1. The molecule has 2 aromatic rings. The summed E-state index contributed by atoms with van der Waals surface area (Å²) in [7, 11) is 0. The number of phenolic OH excluding ortho intramolecular Hbond substituents is 1. The molecule has 4 N–H and O–H groups in total. The van der Waals surface area contributed by atoms with Crippen LogP contribution in [0.2, 0.25) is 5.02 Å². The van der Waals surface area contributed by atoms with Gasteiger partial charge in [-0.25, -0.2) is 0 Å². The van der Waals surface area contributed by atoms with Crippen LogP contribution in [-0.2, 0) is 0 Å². The van der Waals surface area contributed by atoms with Gasteiger partial charge in [-0.3, -0.25) is 4.79 Å². The Bertz CT molecular complexity index is 629. The lowest BCUT2D eigenvalue weighted by Crippen LogP contribution is -2.12. The number of nitrogens with two attached hydrogens (primary N) is 1. The molecule has 110 valence electrons. The molecule has 0 aliphatic carbocycles. The van der Waals surface area contributed by atoms with Crippen molar-refractivity contribution in [2.24, 2.45) is 5.73 Å². The number of anilines is 1. The molecule has 0 bridgehead atoms. The van der Waals surface area contributed by atoms with Gasteiger partial charge in [-0.05, 0) is 42.5 Å². The number of benzene rings is 2. The molecule has 21 heavy (non-hydrogen) atoms. The van der Waals surface area contributed by atoms with Gasteiger partial charge >= 0.3 is 0 Å². The van der Waals surface area contributed by atoms with E-state index in [4.69, 9.17) is 22.1 Å². The first-order chi connectivity index (χ1) is 10.1. The summed E-state index contributed by atoms with van der Waals surface area (Å²) in [5, 5.41) is 12.4. The van der Waals surface area contributed by atoms with Gasteiger partial charge in [-0.15, -0.1) is 0 Å². The van der Waals surface area contributed by atoms with E-state index in [-0.39, 0.29) is 16.3 Å². The molecule has 0 aromatic heterocycles. The predicted octanol–water partition coefficient (Wildman–Crippen LogP) is 2.64. The van der Waals surface area contributed by atoms with Crippen molar-refractivity contribution >= 4 is 23.2 Å². The SMILES string of the molecule is NCCOc1ccc(NC(=O)c2cc(O)ccc2Cl)cc1. The summed E-state index contributed by atoms with van der Waals surface area (Å²) in [5.74, 6) is 0.260. The van der Waals surface area contributed by atoms with Crippen LogP contribution in [0.4, 0.5) is 5.69 Å². The molecular weight excluding hydrogens is 292 g/mol. The third-order valence-corrected chi connectivity index (χ3v) is 3.02. The molecule has 0 heterocycles. The Kier molecular flexibility index (Phi) is 5.03. The monoisotopic (exact) mass is 306 g/mol. The summed E-state index contributed by atoms with van der Waals surface area (Å²) < 4.78 is 5.34. The first-order valence-corrected chi connectivity index (χ1v) is 6.71. The molecule has 2 aromatic carbocycles. The van der Waals surface area contributed by atoms with E-state index in [1.54, 1.807) is 24.3 Å². The minimum atomic E-state index is -0.397. The molecule has 0 saturated carbocycles. The van der Waals surface area contributed by atoms with Gasteiger partial charge in [0.25, 0.3) is 5.91 Å². The number of amides is 1. The lowest BCUT2D eigenvalue weighted by molar-refractivity contribution is 0.102. The van der Waals surface area contributed by atoms with Crippen molar-refractivity contribution in [3.8, 4) is 11.5 Å². The van der Waals surface area contributed by atoms with Gasteiger partial charge in [-0.1, -0.05) is 11.6 Å². The maximum absolute atomic E-state index is 12.1. The van der Waals surface area contributed by atoms with Crippen molar-refractivity contribution in [3.05, 3.63) is 53.1 Å². The van der Waals surface area contributed by atoms with E-state index in [9.17, 15) is 9.90 Å². The molecule has 2 rings (SSSR count). The normalized spacial score (nSPS) is 10.2. The number of carbonyl (C=O) groups is 1. The van der Waals surface area contributed by atoms with Gasteiger partial charge in [0.1, 0.15) is 18.1 Å². The van der Waals surface area contributed by atoms with Crippen molar-refractivity contribution in [3.63, 3.8) is 0 Å². The number of rotatable bonds is 5. The van der Waals surface area contributed by atoms with Crippen LogP contribution in [0.5, 0.6) is 11.5 Å². The second-order valence-corrected chi connectivity index (χ2v) is 4.69. The van der Waals surface area contributed by atoms with Crippen LogP contribution in [0.1, 0.15) is 10.4 Å². The standard InChI is InChI=1S/C15H15ClN2O3/c16-14-6-3-11(19)9-13(14)15(20)18-10-1-4-12(5-2-10)21-8-7-17/h1-6,9,19H,7-8,17H2,(H,18,20). The second kappa shape index (κ2) is 6.97. The molecule has 6 heteroatoms. The summed E-state index contributed by atoms with van der Waals surface area (Å²) in [6, 6.07) is 11.1. The minimum Gasteiger partial charge on any atom is -0.508 e. The highest BCUT2D eigenvalue weighted by molar-refractivity contribution is 6.34. The van der Waals surface area contributed by atoms with Crippen molar-refractivity contribution in [2.75, 3.05) is 18.5 Å². The third kappa shape index (κ3) is 4.11. The average Bonchev–Trinajstić information content (AvgIpc) is 2.49.